The van der Waals surface area contributed by atoms with Crippen molar-refractivity contribution in [3.8, 4) is 0 Å². The van der Waals surface area contributed by atoms with Crippen molar-refractivity contribution < 1.29 is 9.59 Å². The average Bonchev–Trinajstić information content (AvgIpc) is 2.80. The van der Waals surface area contributed by atoms with E-state index in [-0.39, 0.29) is 11.7 Å². The second-order valence-corrected chi connectivity index (χ2v) is 9.58. The maximum Gasteiger partial charge on any atom is 0.227 e. The largest absolute Gasteiger partial charge is 0.312 e. The monoisotopic (exact) mass is 452 g/mol. The van der Waals surface area contributed by atoms with E-state index in [2.05, 4.69) is 30.1 Å². The van der Waals surface area contributed by atoms with Crippen molar-refractivity contribution in [2.45, 2.75) is 57.8 Å². The zero-order chi connectivity index (χ0) is 22.5. The summed E-state index contributed by atoms with van der Waals surface area (Å²) in [7, 11) is 2.15. The molecule has 5 heteroatoms. The van der Waals surface area contributed by atoms with Crippen LogP contribution in [0.15, 0.2) is 36.4 Å². The molecular formula is C27H33ClN2O2. The second kappa shape index (κ2) is 10.6. The van der Waals surface area contributed by atoms with E-state index in [1.165, 1.54) is 16.7 Å². The van der Waals surface area contributed by atoms with E-state index in [4.69, 9.17) is 11.6 Å². The number of hydrogen-bond donors (Lipinski definition) is 0. The van der Waals surface area contributed by atoms with Crippen LogP contribution in [0, 0.1) is 0 Å². The molecule has 2 aliphatic heterocycles. The van der Waals surface area contributed by atoms with Gasteiger partial charge in [-0.15, -0.1) is 0 Å². The summed E-state index contributed by atoms with van der Waals surface area (Å²) in [6.45, 7) is 2.84. The first-order valence-corrected chi connectivity index (χ1v) is 12.3. The van der Waals surface area contributed by atoms with Gasteiger partial charge in [0, 0.05) is 36.5 Å². The molecule has 0 spiro atoms. The lowest BCUT2D eigenvalue weighted by molar-refractivity contribution is -0.119. The number of benzene rings is 2. The fraction of sp³-hybridized carbons (Fsp3) is 0.481. The third-order valence-electron chi connectivity index (χ3n) is 6.76. The van der Waals surface area contributed by atoms with Crippen LogP contribution in [-0.2, 0) is 24.1 Å². The Hall–Kier alpha value is -2.17. The first-order chi connectivity index (χ1) is 15.5. The van der Waals surface area contributed by atoms with Gasteiger partial charge in [-0.25, -0.2) is 0 Å². The highest BCUT2D eigenvalue weighted by Crippen LogP contribution is 2.36. The van der Waals surface area contributed by atoms with Gasteiger partial charge in [0.05, 0.1) is 5.69 Å². The molecule has 0 saturated carbocycles. The predicted octanol–water partition coefficient (Wildman–Crippen LogP) is 5.48. The van der Waals surface area contributed by atoms with Gasteiger partial charge in [0.15, 0.2) is 5.78 Å². The molecule has 1 amide bonds. The summed E-state index contributed by atoms with van der Waals surface area (Å²) in [5.74, 6) is 0.472. The van der Waals surface area contributed by atoms with Gasteiger partial charge in [-0.1, -0.05) is 36.2 Å². The molecule has 0 atom stereocenters. The molecule has 0 aromatic heterocycles. The molecule has 0 bridgehead atoms. The van der Waals surface area contributed by atoms with Gasteiger partial charge in [-0.05, 0) is 87.0 Å². The van der Waals surface area contributed by atoms with Crippen LogP contribution in [0.5, 0.6) is 0 Å². The van der Waals surface area contributed by atoms with E-state index < -0.39 is 0 Å². The van der Waals surface area contributed by atoms with Gasteiger partial charge in [0.2, 0.25) is 5.91 Å². The van der Waals surface area contributed by atoms with Crippen molar-refractivity contribution in [2.75, 3.05) is 31.6 Å². The number of unbranched alkanes of at least 4 members (excludes halogenated alkanes) is 2. The molecule has 0 unspecified atom stereocenters. The highest BCUT2D eigenvalue weighted by atomic mass is 35.5. The molecule has 2 aromatic rings. The number of nitrogens with zero attached hydrogens (tertiary/aromatic N) is 2. The first-order valence-electron chi connectivity index (χ1n) is 11.9. The van der Waals surface area contributed by atoms with E-state index >= 15 is 0 Å². The Labute approximate surface area is 196 Å². The van der Waals surface area contributed by atoms with Gasteiger partial charge in [0.1, 0.15) is 0 Å². The summed E-state index contributed by atoms with van der Waals surface area (Å²) in [6, 6.07) is 12.1. The maximum atomic E-state index is 12.8. The molecule has 4 rings (SSSR count). The average molecular weight is 453 g/mol. The number of aryl methyl sites for hydroxylation is 2. The highest BCUT2D eigenvalue weighted by molar-refractivity contribution is 6.31. The number of ketones is 1. The van der Waals surface area contributed by atoms with Crippen molar-refractivity contribution in [2.24, 2.45) is 0 Å². The fourth-order valence-corrected chi connectivity index (χ4v) is 5.16. The standard InChI is InChI=1S/C27H33ClN2O2/c1-29(17-14-20-8-4-5-10-24(20)28)15-6-2-3-11-25(31)23-18-21-9-7-16-30-26(32)13-12-22(19-23)27(21)30/h4-5,8,10,18-19H,2-3,6-7,9,11-17H2,1H3. The van der Waals surface area contributed by atoms with E-state index in [9.17, 15) is 9.59 Å². The Morgan fingerprint density at radius 1 is 1.03 bits per heavy atom. The molecular weight excluding hydrogens is 420 g/mol. The molecule has 0 saturated heterocycles. The number of anilines is 1. The third kappa shape index (κ3) is 5.41. The molecule has 2 aromatic carbocycles. The smallest absolute Gasteiger partial charge is 0.227 e. The number of rotatable bonds is 10. The van der Waals surface area contributed by atoms with Crippen LogP contribution < -0.4 is 4.90 Å². The van der Waals surface area contributed by atoms with Crippen molar-refractivity contribution in [1.82, 2.24) is 4.90 Å². The molecule has 32 heavy (non-hydrogen) atoms. The van der Waals surface area contributed by atoms with E-state index in [1.807, 2.05) is 23.1 Å². The minimum Gasteiger partial charge on any atom is -0.312 e. The van der Waals surface area contributed by atoms with E-state index in [0.717, 1.165) is 80.9 Å². The highest BCUT2D eigenvalue weighted by Gasteiger charge is 2.30. The lowest BCUT2D eigenvalue weighted by Crippen LogP contribution is -2.39. The van der Waals surface area contributed by atoms with E-state index in [1.54, 1.807) is 0 Å². The van der Waals surface area contributed by atoms with Crippen molar-refractivity contribution in [1.29, 1.82) is 0 Å². The molecule has 2 aliphatic rings. The molecule has 0 radical (unpaired) electrons. The third-order valence-corrected chi connectivity index (χ3v) is 7.13. The Balaban J connectivity index is 1.21. The Kier molecular flexibility index (Phi) is 7.64. The second-order valence-electron chi connectivity index (χ2n) is 9.17. The van der Waals surface area contributed by atoms with Gasteiger partial charge in [0.25, 0.3) is 0 Å². The summed E-state index contributed by atoms with van der Waals surface area (Å²) in [4.78, 5) is 29.3. The molecule has 4 nitrogen and oxygen atoms in total. The number of amides is 1. The predicted molar refractivity (Wildman–Crippen MR) is 131 cm³/mol. The summed E-state index contributed by atoms with van der Waals surface area (Å²) in [5, 5.41) is 0.843. The van der Waals surface area contributed by atoms with Crippen molar-refractivity contribution >= 4 is 29.0 Å². The number of carbonyl (C=O) groups excluding carboxylic acids is 2. The van der Waals surface area contributed by atoms with Crippen LogP contribution in [-0.4, -0.2) is 43.3 Å². The summed E-state index contributed by atoms with van der Waals surface area (Å²) < 4.78 is 0. The van der Waals surface area contributed by atoms with E-state index in [0.29, 0.717) is 12.8 Å². The number of hydrogen-bond acceptors (Lipinski definition) is 3. The van der Waals surface area contributed by atoms with Gasteiger partial charge in [-0.3, -0.25) is 9.59 Å². The normalized spacial score (nSPS) is 15.2. The first kappa shape index (κ1) is 23.0. The zero-order valence-electron chi connectivity index (χ0n) is 19.0. The number of likely N-dealkylation sites (N-methyl/N-ethyl adjacent to an activating group) is 1. The van der Waals surface area contributed by atoms with Crippen LogP contribution >= 0.6 is 11.6 Å². The lowest BCUT2D eigenvalue weighted by atomic mass is 9.88. The minimum absolute atomic E-state index is 0.231. The molecule has 0 aliphatic carbocycles. The zero-order valence-corrected chi connectivity index (χ0v) is 19.8. The number of carbonyl (C=O) groups is 2. The van der Waals surface area contributed by atoms with Gasteiger partial charge < -0.3 is 9.80 Å². The fourth-order valence-electron chi connectivity index (χ4n) is 4.93. The van der Waals surface area contributed by atoms with Crippen LogP contribution in [0.1, 0.15) is 65.6 Å². The van der Waals surface area contributed by atoms with Crippen molar-refractivity contribution in [3.05, 3.63) is 63.7 Å². The Bertz CT molecular complexity index is 970. The minimum atomic E-state index is 0.231. The van der Waals surface area contributed by atoms with Gasteiger partial charge in [-0.2, -0.15) is 0 Å². The topological polar surface area (TPSA) is 40.6 Å². The van der Waals surface area contributed by atoms with Crippen LogP contribution in [0.4, 0.5) is 5.69 Å². The van der Waals surface area contributed by atoms with Crippen LogP contribution in [0.2, 0.25) is 5.02 Å². The van der Waals surface area contributed by atoms with Crippen molar-refractivity contribution in [3.63, 3.8) is 0 Å². The Morgan fingerprint density at radius 2 is 1.81 bits per heavy atom. The molecule has 170 valence electrons. The van der Waals surface area contributed by atoms with Crippen LogP contribution in [0.3, 0.4) is 0 Å². The SMILES string of the molecule is CN(CCCCCC(=O)c1cc2c3c(c1)CCC(=O)N3CCC2)CCc1ccccc1Cl. The lowest BCUT2D eigenvalue weighted by Gasteiger charge is -2.35. The Morgan fingerprint density at radius 3 is 2.62 bits per heavy atom. The quantitative estimate of drug-likeness (QED) is 0.354. The maximum absolute atomic E-state index is 12.8. The summed E-state index contributed by atoms with van der Waals surface area (Å²) in [5.41, 5.74) is 5.51. The molecule has 2 heterocycles. The number of halogens is 1. The van der Waals surface area contributed by atoms with Gasteiger partial charge >= 0.3 is 0 Å². The molecule has 0 N–H and O–H groups in total. The summed E-state index contributed by atoms with van der Waals surface area (Å²) in [6.07, 6.45) is 7.92. The summed E-state index contributed by atoms with van der Waals surface area (Å²) >= 11 is 6.24. The van der Waals surface area contributed by atoms with Crippen LogP contribution in [0.25, 0.3) is 0 Å². The number of Topliss-reactive ketones (excluding diaryl/α,β-unsaturated/α-hetero) is 1. The molecule has 0 fully saturated rings.